The van der Waals surface area contributed by atoms with E-state index >= 15 is 0 Å². The Kier molecular flexibility index (Phi) is 4.28. The number of nitrogens with one attached hydrogen (secondary N) is 2. The number of hydrogen-bond acceptors (Lipinski definition) is 5. The number of carbonyl (C=O) groups excluding carboxylic acids is 2. The molecule has 2 heterocycles. The minimum absolute atomic E-state index is 0.216. The molecule has 3 rings (SSSR count). The van der Waals surface area contributed by atoms with Crippen molar-refractivity contribution in [2.75, 3.05) is 5.32 Å². The third-order valence-corrected chi connectivity index (χ3v) is 3.13. The van der Waals surface area contributed by atoms with E-state index in [9.17, 15) is 9.59 Å². The first kappa shape index (κ1) is 14.7. The molecule has 1 radical (unpaired) electrons. The zero-order valence-corrected chi connectivity index (χ0v) is 12.0. The average molecular weight is 309 g/mol. The Labute approximate surface area is 131 Å². The fourth-order valence-electron chi connectivity index (χ4n) is 2.05. The Hall–Kier alpha value is -3.22. The van der Waals surface area contributed by atoms with Crippen LogP contribution in [-0.4, -0.2) is 21.8 Å². The van der Waals surface area contributed by atoms with E-state index in [0.717, 1.165) is 16.5 Å². The molecule has 7 nitrogen and oxygen atoms in total. The van der Waals surface area contributed by atoms with Crippen molar-refractivity contribution in [3.8, 4) is 0 Å². The van der Waals surface area contributed by atoms with Gasteiger partial charge in [-0.2, -0.15) is 0 Å². The van der Waals surface area contributed by atoms with Gasteiger partial charge in [-0.3, -0.25) is 14.6 Å². The van der Waals surface area contributed by atoms with Crippen LogP contribution in [0.1, 0.15) is 5.56 Å². The minimum atomic E-state index is -0.807. The molecular weight excluding hydrogens is 296 g/mol. The summed E-state index contributed by atoms with van der Waals surface area (Å²) >= 11 is 0. The summed E-state index contributed by atoms with van der Waals surface area (Å²) in [7, 11) is 0. The average Bonchev–Trinajstić information content (AvgIpc) is 2.99. The predicted molar refractivity (Wildman–Crippen MR) is 83.0 cm³/mol. The quantitative estimate of drug-likeness (QED) is 0.715. The van der Waals surface area contributed by atoms with Gasteiger partial charge in [0.15, 0.2) is 5.82 Å². The van der Waals surface area contributed by atoms with E-state index in [4.69, 9.17) is 4.42 Å². The number of benzene rings is 1. The second-order valence-corrected chi connectivity index (χ2v) is 4.68. The maximum absolute atomic E-state index is 11.7. The third kappa shape index (κ3) is 3.52. The zero-order chi connectivity index (χ0) is 16.1. The zero-order valence-electron chi connectivity index (χ0n) is 12.0. The van der Waals surface area contributed by atoms with Crippen LogP contribution < -0.4 is 10.6 Å². The van der Waals surface area contributed by atoms with Crippen molar-refractivity contribution in [3.05, 3.63) is 61.2 Å². The van der Waals surface area contributed by atoms with Gasteiger partial charge in [0.05, 0.1) is 19.0 Å². The number of nitrogens with zero attached hydrogens (tertiary/aromatic N) is 2. The van der Waals surface area contributed by atoms with Crippen LogP contribution in [0.25, 0.3) is 11.0 Å². The summed E-state index contributed by atoms with van der Waals surface area (Å²) in [4.78, 5) is 31.1. The molecule has 2 aromatic heterocycles. The Morgan fingerprint density at radius 3 is 2.87 bits per heavy atom. The van der Waals surface area contributed by atoms with Crippen LogP contribution in [0, 0.1) is 6.54 Å². The summed E-state index contributed by atoms with van der Waals surface area (Å²) < 4.78 is 5.41. The fourth-order valence-corrected chi connectivity index (χ4v) is 2.05. The van der Waals surface area contributed by atoms with E-state index in [-0.39, 0.29) is 5.82 Å². The van der Waals surface area contributed by atoms with E-state index in [1.54, 1.807) is 6.26 Å². The van der Waals surface area contributed by atoms with Gasteiger partial charge in [0.2, 0.25) is 0 Å². The van der Waals surface area contributed by atoms with Gasteiger partial charge >= 0.3 is 11.8 Å². The van der Waals surface area contributed by atoms with Crippen molar-refractivity contribution in [2.45, 2.75) is 6.42 Å². The molecule has 0 saturated carbocycles. The van der Waals surface area contributed by atoms with E-state index in [2.05, 4.69) is 20.6 Å². The highest BCUT2D eigenvalue weighted by Gasteiger charge is 2.14. The molecule has 3 aromatic rings. The number of amides is 2. The molecule has 0 atom stereocenters. The molecule has 0 bridgehead atoms. The molecule has 0 fully saturated rings. The Bertz CT molecular complexity index is 829. The molecule has 0 aliphatic carbocycles. The Balaban J connectivity index is 1.52. The molecule has 1 aromatic carbocycles. The summed E-state index contributed by atoms with van der Waals surface area (Å²) in [5.74, 6) is -1.37. The first-order valence-electron chi connectivity index (χ1n) is 6.88. The molecule has 7 heteroatoms. The van der Waals surface area contributed by atoms with Crippen LogP contribution in [0.5, 0.6) is 0 Å². The summed E-state index contributed by atoms with van der Waals surface area (Å²) in [5, 5.41) is 5.77. The third-order valence-electron chi connectivity index (χ3n) is 3.13. The maximum Gasteiger partial charge on any atom is 0.314 e. The van der Waals surface area contributed by atoms with Crippen LogP contribution in [0.4, 0.5) is 5.82 Å². The van der Waals surface area contributed by atoms with Gasteiger partial charge in [-0.15, -0.1) is 0 Å². The molecule has 0 spiro atoms. The largest absolute Gasteiger partial charge is 0.464 e. The highest BCUT2D eigenvalue weighted by atomic mass is 16.3. The first-order valence-corrected chi connectivity index (χ1v) is 6.88. The van der Waals surface area contributed by atoms with Crippen LogP contribution in [0.15, 0.2) is 53.5 Å². The number of fused-ring (bicyclic) bond motifs is 1. The highest BCUT2D eigenvalue weighted by Crippen LogP contribution is 2.21. The van der Waals surface area contributed by atoms with Crippen molar-refractivity contribution >= 4 is 28.6 Å². The lowest BCUT2D eigenvalue weighted by molar-refractivity contribution is -0.135. The molecule has 0 saturated heterocycles. The smallest absolute Gasteiger partial charge is 0.314 e. The lowest BCUT2D eigenvalue weighted by Gasteiger charge is -2.04. The standard InChI is InChI=1S/C16H13N4O3/c21-15(16(22)20-14-9-17-7-8-18-14)19-6-5-11-10-23-13-4-2-1-3-12(11)13/h1-4,6-10H,5H2,(H,19,21)(H,18,20,22). The van der Waals surface area contributed by atoms with Crippen molar-refractivity contribution in [2.24, 2.45) is 0 Å². The topological polar surface area (TPSA) is 97.1 Å². The molecule has 2 amide bonds. The molecular formula is C16H13N4O3. The molecule has 0 aliphatic heterocycles. The monoisotopic (exact) mass is 309 g/mol. The summed E-state index contributed by atoms with van der Waals surface area (Å²) in [6, 6.07) is 7.60. The van der Waals surface area contributed by atoms with Crippen LogP contribution in [-0.2, 0) is 16.0 Å². The van der Waals surface area contributed by atoms with Gasteiger partial charge in [-0.05, 0) is 12.5 Å². The fraction of sp³-hybridized carbons (Fsp3) is 0.0625. The minimum Gasteiger partial charge on any atom is -0.464 e. The van der Waals surface area contributed by atoms with Gasteiger partial charge in [-0.1, -0.05) is 18.2 Å². The van der Waals surface area contributed by atoms with Crippen LogP contribution in [0.3, 0.4) is 0 Å². The van der Waals surface area contributed by atoms with E-state index in [0.29, 0.717) is 6.42 Å². The van der Waals surface area contributed by atoms with Gasteiger partial charge in [0.1, 0.15) is 5.58 Å². The number of hydrogen-bond donors (Lipinski definition) is 2. The maximum atomic E-state index is 11.7. The van der Waals surface area contributed by atoms with Crippen molar-refractivity contribution in [1.29, 1.82) is 0 Å². The number of para-hydroxylation sites is 1. The normalized spacial score (nSPS) is 10.4. The summed E-state index contributed by atoms with van der Waals surface area (Å²) in [5.41, 5.74) is 1.71. The SMILES string of the molecule is O=C(N[CH]Cc1coc2ccccc12)C(=O)Nc1cnccn1. The van der Waals surface area contributed by atoms with Crippen molar-refractivity contribution in [3.63, 3.8) is 0 Å². The van der Waals surface area contributed by atoms with Crippen LogP contribution in [0.2, 0.25) is 0 Å². The summed E-state index contributed by atoms with van der Waals surface area (Å²) in [6.07, 6.45) is 6.32. The van der Waals surface area contributed by atoms with Gasteiger partial charge < -0.3 is 15.1 Å². The van der Waals surface area contributed by atoms with Crippen molar-refractivity contribution < 1.29 is 14.0 Å². The first-order chi connectivity index (χ1) is 11.2. The van der Waals surface area contributed by atoms with Gasteiger partial charge in [0, 0.05) is 23.3 Å². The van der Waals surface area contributed by atoms with E-state index < -0.39 is 11.8 Å². The highest BCUT2D eigenvalue weighted by molar-refractivity contribution is 6.39. The van der Waals surface area contributed by atoms with Crippen LogP contribution >= 0.6 is 0 Å². The van der Waals surface area contributed by atoms with E-state index in [1.165, 1.54) is 25.1 Å². The molecule has 2 N–H and O–H groups in total. The number of aromatic nitrogens is 2. The molecule has 115 valence electrons. The second-order valence-electron chi connectivity index (χ2n) is 4.68. The lowest BCUT2D eigenvalue weighted by atomic mass is 10.1. The molecule has 23 heavy (non-hydrogen) atoms. The lowest BCUT2D eigenvalue weighted by Crippen LogP contribution is -2.34. The number of furan rings is 1. The molecule has 0 unspecified atom stereocenters. The molecule has 0 aliphatic rings. The van der Waals surface area contributed by atoms with E-state index in [1.807, 2.05) is 24.3 Å². The van der Waals surface area contributed by atoms with Crippen molar-refractivity contribution in [1.82, 2.24) is 15.3 Å². The van der Waals surface area contributed by atoms with Gasteiger partial charge in [-0.25, -0.2) is 4.98 Å². The Morgan fingerprint density at radius 2 is 2.04 bits per heavy atom. The predicted octanol–water partition coefficient (Wildman–Crippen LogP) is 1.68. The van der Waals surface area contributed by atoms with Gasteiger partial charge in [0.25, 0.3) is 0 Å². The Morgan fingerprint density at radius 1 is 1.17 bits per heavy atom. The summed E-state index contributed by atoms with van der Waals surface area (Å²) in [6.45, 7) is 1.51. The number of rotatable bonds is 4. The number of anilines is 1. The second kappa shape index (κ2) is 6.69. The number of carbonyl (C=O) groups is 2.